The Labute approximate surface area is 127 Å². The van der Waals surface area contributed by atoms with Gasteiger partial charge in [0.25, 0.3) is 0 Å². The zero-order valence-corrected chi connectivity index (χ0v) is 13.5. The highest BCUT2D eigenvalue weighted by Crippen LogP contribution is 2.17. The molecule has 110 valence electrons. The average molecular weight is 291 g/mol. The van der Waals surface area contributed by atoms with Gasteiger partial charge in [0.05, 0.1) is 0 Å². The molecule has 1 heterocycles. The summed E-state index contributed by atoms with van der Waals surface area (Å²) >= 11 is 5.04. The zero-order chi connectivity index (χ0) is 14.7. The van der Waals surface area contributed by atoms with Crippen LogP contribution >= 0.6 is 12.2 Å². The highest BCUT2D eigenvalue weighted by molar-refractivity contribution is 7.80. The maximum atomic E-state index is 5.69. The minimum absolute atomic E-state index is 0.476. The summed E-state index contributed by atoms with van der Waals surface area (Å²) in [5, 5.41) is 0. The fourth-order valence-electron chi connectivity index (χ4n) is 2.90. The molecule has 2 N–H and O–H groups in total. The van der Waals surface area contributed by atoms with E-state index in [9.17, 15) is 0 Å². The number of benzene rings is 1. The fraction of sp³-hybridized carbons (Fsp3) is 0.562. The van der Waals surface area contributed by atoms with E-state index in [0.29, 0.717) is 11.0 Å². The van der Waals surface area contributed by atoms with Gasteiger partial charge in [-0.1, -0.05) is 24.4 Å². The first-order valence-corrected chi connectivity index (χ1v) is 7.70. The van der Waals surface area contributed by atoms with Gasteiger partial charge < -0.3 is 10.6 Å². The summed E-state index contributed by atoms with van der Waals surface area (Å²) in [5.41, 5.74) is 9.31. The standard InChI is InChI=1S/C16H25N3S/c1-12-9-14(16(17)20)5-6-15(12)11-19-8-4-7-18(3)10-13(19)2/h5-6,9,13H,4,7-8,10-11H2,1-3H3,(H2,17,20). The molecule has 1 aromatic rings. The van der Waals surface area contributed by atoms with Gasteiger partial charge in [0, 0.05) is 31.2 Å². The Kier molecular flexibility index (Phi) is 5.13. The van der Waals surface area contributed by atoms with Crippen molar-refractivity contribution in [1.29, 1.82) is 0 Å². The minimum Gasteiger partial charge on any atom is -0.389 e. The van der Waals surface area contributed by atoms with Crippen LogP contribution in [0, 0.1) is 6.92 Å². The molecule has 0 radical (unpaired) electrons. The van der Waals surface area contributed by atoms with E-state index in [1.165, 1.54) is 30.6 Å². The molecule has 3 nitrogen and oxygen atoms in total. The van der Waals surface area contributed by atoms with Gasteiger partial charge >= 0.3 is 0 Å². The van der Waals surface area contributed by atoms with Crippen molar-refractivity contribution in [1.82, 2.24) is 9.80 Å². The minimum atomic E-state index is 0.476. The number of aryl methyl sites for hydroxylation is 1. The van der Waals surface area contributed by atoms with Crippen molar-refractivity contribution < 1.29 is 0 Å². The maximum absolute atomic E-state index is 5.69. The normalized spacial score (nSPS) is 21.6. The van der Waals surface area contributed by atoms with E-state index in [2.05, 4.69) is 42.8 Å². The highest BCUT2D eigenvalue weighted by Gasteiger charge is 2.20. The van der Waals surface area contributed by atoms with Crippen LogP contribution in [0.4, 0.5) is 0 Å². The Morgan fingerprint density at radius 3 is 2.80 bits per heavy atom. The van der Waals surface area contributed by atoms with Crippen molar-refractivity contribution in [3.63, 3.8) is 0 Å². The molecule has 0 spiro atoms. The van der Waals surface area contributed by atoms with Gasteiger partial charge in [-0.15, -0.1) is 0 Å². The number of hydrogen-bond donors (Lipinski definition) is 1. The Bertz CT molecular complexity index is 487. The van der Waals surface area contributed by atoms with Gasteiger partial charge in [-0.3, -0.25) is 4.90 Å². The lowest BCUT2D eigenvalue weighted by Gasteiger charge is -2.28. The molecule has 0 aliphatic carbocycles. The molecule has 1 aliphatic heterocycles. The third kappa shape index (κ3) is 3.78. The predicted molar refractivity (Wildman–Crippen MR) is 89.1 cm³/mol. The Hall–Kier alpha value is -0.970. The molecule has 0 bridgehead atoms. The lowest BCUT2D eigenvalue weighted by Crippen LogP contribution is -2.37. The molecule has 1 atom stereocenters. The Balaban J connectivity index is 2.11. The molecule has 20 heavy (non-hydrogen) atoms. The zero-order valence-electron chi connectivity index (χ0n) is 12.7. The molecular weight excluding hydrogens is 266 g/mol. The maximum Gasteiger partial charge on any atom is 0.103 e. The molecule has 0 aromatic heterocycles. The van der Waals surface area contributed by atoms with Gasteiger partial charge in [-0.25, -0.2) is 0 Å². The largest absolute Gasteiger partial charge is 0.389 e. The quantitative estimate of drug-likeness (QED) is 0.865. The van der Waals surface area contributed by atoms with Crippen LogP contribution in [0.5, 0.6) is 0 Å². The second-order valence-corrected chi connectivity index (χ2v) is 6.38. The van der Waals surface area contributed by atoms with Gasteiger partial charge in [0.15, 0.2) is 0 Å². The highest BCUT2D eigenvalue weighted by atomic mass is 32.1. The van der Waals surface area contributed by atoms with Crippen molar-refractivity contribution in [2.45, 2.75) is 32.9 Å². The average Bonchev–Trinajstić information content (AvgIpc) is 2.53. The molecule has 1 aromatic carbocycles. The number of hydrogen-bond acceptors (Lipinski definition) is 3. The first kappa shape index (κ1) is 15.4. The second-order valence-electron chi connectivity index (χ2n) is 5.94. The first-order chi connectivity index (χ1) is 9.47. The molecule has 1 unspecified atom stereocenters. The lowest BCUT2D eigenvalue weighted by molar-refractivity contribution is 0.194. The summed E-state index contributed by atoms with van der Waals surface area (Å²) < 4.78 is 0. The fourth-order valence-corrected chi connectivity index (χ4v) is 3.03. The van der Waals surface area contributed by atoms with Crippen LogP contribution < -0.4 is 5.73 Å². The van der Waals surface area contributed by atoms with Gasteiger partial charge in [0.1, 0.15) is 4.99 Å². The van der Waals surface area contributed by atoms with E-state index in [-0.39, 0.29) is 0 Å². The number of likely N-dealkylation sites (N-methyl/N-ethyl adjacent to an activating group) is 1. The summed E-state index contributed by atoms with van der Waals surface area (Å²) in [6.07, 6.45) is 1.24. The van der Waals surface area contributed by atoms with Crippen LogP contribution in [0.1, 0.15) is 30.0 Å². The van der Waals surface area contributed by atoms with E-state index in [4.69, 9.17) is 18.0 Å². The Morgan fingerprint density at radius 2 is 2.15 bits per heavy atom. The molecule has 2 rings (SSSR count). The number of nitrogens with two attached hydrogens (primary N) is 1. The van der Waals surface area contributed by atoms with E-state index in [0.717, 1.165) is 18.7 Å². The summed E-state index contributed by atoms with van der Waals surface area (Å²) in [6, 6.07) is 6.91. The van der Waals surface area contributed by atoms with Crippen LogP contribution in [0.25, 0.3) is 0 Å². The van der Waals surface area contributed by atoms with Crippen molar-refractivity contribution in [2.75, 3.05) is 26.7 Å². The van der Waals surface area contributed by atoms with Crippen LogP contribution in [-0.2, 0) is 6.54 Å². The molecule has 0 saturated carbocycles. The summed E-state index contributed by atoms with van der Waals surface area (Å²) in [6.45, 7) is 8.98. The van der Waals surface area contributed by atoms with Gasteiger partial charge in [-0.2, -0.15) is 0 Å². The summed E-state index contributed by atoms with van der Waals surface area (Å²) in [4.78, 5) is 5.48. The van der Waals surface area contributed by atoms with Crippen LogP contribution in [-0.4, -0.2) is 47.5 Å². The Morgan fingerprint density at radius 1 is 1.40 bits per heavy atom. The smallest absolute Gasteiger partial charge is 0.103 e. The van der Waals surface area contributed by atoms with Crippen LogP contribution in [0.2, 0.25) is 0 Å². The summed E-state index contributed by atoms with van der Waals surface area (Å²) in [5.74, 6) is 0. The molecular formula is C16H25N3S. The second kappa shape index (κ2) is 6.66. The number of thiocarbonyl (C=S) groups is 1. The van der Waals surface area contributed by atoms with Crippen molar-refractivity contribution >= 4 is 17.2 Å². The molecule has 0 amide bonds. The third-order valence-electron chi connectivity index (χ3n) is 4.18. The lowest BCUT2D eigenvalue weighted by atomic mass is 10.0. The SMILES string of the molecule is Cc1cc(C(N)=S)ccc1CN1CCCN(C)CC1C. The molecule has 1 saturated heterocycles. The monoisotopic (exact) mass is 291 g/mol. The van der Waals surface area contributed by atoms with E-state index < -0.39 is 0 Å². The topological polar surface area (TPSA) is 32.5 Å². The summed E-state index contributed by atoms with van der Waals surface area (Å²) in [7, 11) is 2.21. The van der Waals surface area contributed by atoms with Crippen molar-refractivity contribution in [2.24, 2.45) is 5.73 Å². The van der Waals surface area contributed by atoms with E-state index in [1.807, 2.05) is 6.07 Å². The molecule has 4 heteroatoms. The van der Waals surface area contributed by atoms with Gasteiger partial charge in [0.2, 0.25) is 0 Å². The van der Waals surface area contributed by atoms with Crippen molar-refractivity contribution in [3.05, 3.63) is 34.9 Å². The number of nitrogens with zero attached hydrogens (tertiary/aromatic N) is 2. The third-order valence-corrected chi connectivity index (χ3v) is 4.42. The molecule has 1 aliphatic rings. The number of rotatable bonds is 3. The van der Waals surface area contributed by atoms with E-state index in [1.54, 1.807) is 0 Å². The van der Waals surface area contributed by atoms with Crippen LogP contribution in [0.15, 0.2) is 18.2 Å². The van der Waals surface area contributed by atoms with Gasteiger partial charge in [-0.05, 0) is 51.1 Å². The predicted octanol–water partition coefficient (Wildman–Crippen LogP) is 2.16. The van der Waals surface area contributed by atoms with Crippen LogP contribution in [0.3, 0.4) is 0 Å². The van der Waals surface area contributed by atoms with Crippen molar-refractivity contribution in [3.8, 4) is 0 Å². The molecule has 1 fully saturated rings. The first-order valence-electron chi connectivity index (χ1n) is 7.29. The van der Waals surface area contributed by atoms with E-state index >= 15 is 0 Å².